The number of anilines is 1. The third-order valence-corrected chi connectivity index (χ3v) is 6.41. The van der Waals surface area contributed by atoms with Crippen molar-refractivity contribution in [2.75, 3.05) is 18.8 Å². The second-order valence-electron chi connectivity index (χ2n) is 10.3. The van der Waals surface area contributed by atoms with Gasteiger partial charge in [-0.25, -0.2) is 19.2 Å². The monoisotopic (exact) mass is 503 g/mol. The summed E-state index contributed by atoms with van der Waals surface area (Å²) in [5.41, 5.74) is 8.29. The van der Waals surface area contributed by atoms with Crippen molar-refractivity contribution in [1.29, 1.82) is 0 Å². The summed E-state index contributed by atoms with van der Waals surface area (Å²) in [7, 11) is 0. The summed E-state index contributed by atoms with van der Waals surface area (Å²) in [4.78, 5) is 26.9. The quantitative estimate of drug-likeness (QED) is 0.370. The molecule has 0 bridgehead atoms. The van der Waals surface area contributed by atoms with E-state index in [1.807, 2.05) is 51.2 Å². The number of aromatic nitrogens is 3. The van der Waals surface area contributed by atoms with E-state index in [0.717, 1.165) is 35.0 Å². The number of benzene rings is 2. The predicted molar refractivity (Wildman–Crippen MR) is 139 cm³/mol. The SMILES string of the molecule is CC(C)(C)C(=O)ON1CCC[C@@H](n2cc(-c3ccc(Oc4cccc(F)c4)cc3)c3c(N)ncnc32)C1. The van der Waals surface area contributed by atoms with E-state index in [9.17, 15) is 9.18 Å². The van der Waals surface area contributed by atoms with E-state index in [4.69, 9.17) is 15.3 Å². The third-order valence-electron chi connectivity index (χ3n) is 6.41. The molecule has 0 saturated carbocycles. The molecule has 8 nitrogen and oxygen atoms in total. The molecule has 1 aliphatic heterocycles. The second-order valence-corrected chi connectivity index (χ2v) is 10.3. The summed E-state index contributed by atoms with van der Waals surface area (Å²) in [5, 5.41) is 2.52. The second kappa shape index (κ2) is 9.82. The highest BCUT2D eigenvalue weighted by Crippen LogP contribution is 2.37. The Morgan fingerprint density at radius 2 is 1.89 bits per heavy atom. The van der Waals surface area contributed by atoms with Gasteiger partial charge in [0, 0.05) is 24.4 Å². The molecule has 1 atom stereocenters. The van der Waals surface area contributed by atoms with Crippen molar-refractivity contribution in [3.05, 3.63) is 66.9 Å². The first-order valence-corrected chi connectivity index (χ1v) is 12.3. The fourth-order valence-electron chi connectivity index (χ4n) is 4.46. The van der Waals surface area contributed by atoms with E-state index in [0.29, 0.717) is 30.4 Å². The van der Waals surface area contributed by atoms with Crippen molar-refractivity contribution in [3.63, 3.8) is 0 Å². The number of hydrogen-bond donors (Lipinski definition) is 1. The Morgan fingerprint density at radius 1 is 1.11 bits per heavy atom. The largest absolute Gasteiger partial charge is 0.457 e. The Hall–Kier alpha value is -3.98. The summed E-state index contributed by atoms with van der Waals surface area (Å²) >= 11 is 0. The number of rotatable bonds is 5. The van der Waals surface area contributed by atoms with Gasteiger partial charge in [-0.2, -0.15) is 0 Å². The highest BCUT2D eigenvalue weighted by molar-refractivity contribution is 6.00. The van der Waals surface area contributed by atoms with Crippen LogP contribution >= 0.6 is 0 Å². The van der Waals surface area contributed by atoms with Crippen LogP contribution in [-0.2, 0) is 9.63 Å². The van der Waals surface area contributed by atoms with Crippen molar-refractivity contribution >= 4 is 22.8 Å². The summed E-state index contributed by atoms with van der Waals surface area (Å²) in [6.45, 7) is 6.77. The predicted octanol–water partition coefficient (Wildman–Crippen LogP) is 5.75. The summed E-state index contributed by atoms with van der Waals surface area (Å²) in [6, 6.07) is 13.6. The third kappa shape index (κ3) is 5.27. The van der Waals surface area contributed by atoms with Crippen LogP contribution in [0.25, 0.3) is 22.2 Å². The zero-order valence-electron chi connectivity index (χ0n) is 21.1. The molecule has 3 heterocycles. The number of nitrogens with two attached hydrogens (primary N) is 1. The number of halogens is 1. The molecule has 0 spiro atoms. The van der Waals surface area contributed by atoms with E-state index in [1.165, 1.54) is 18.5 Å². The maximum Gasteiger partial charge on any atom is 0.330 e. The molecule has 37 heavy (non-hydrogen) atoms. The number of piperidine rings is 1. The fraction of sp³-hybridized carbons (Fsp3) is 0.321. The van der Waals surface area contributed by atoms with Crippen LogP contribution in [0.15, 0.2) is 61.1 Å². The van der Waals surface area contributed by atoms with Gasteiger partial charge < -0.3 is 19.9 Å². The molecular weight excluding hydrogens is 473 g/mol. The van der Waals surface area contributed by atoms with Gasteiger partial charge in [-0.1, -0.05) is 18.2 Å². The lowest BCUT2D eigenvalue weighted by Crippen LogP contribution is -2.40. The minimum Gasteiger partial charge on any atom is -0.457 e. The number of nitrogens with zero attached hydrogens (tertiary/aromatic N) is 4. The highest BCUT2D eigenvalue weighted by Gasteiger charge is 2.30. The molecule has 2 N–H and O–H groups in total. The van der Waals surface area contributed by atoms with Crippen molar-refractivity contribution < 1.29 is 18.8 Å². The van der Waals surface area contributed by atoms with Crippen LogP contribution in [0.1, 0.15) is 39.7 Å². The molecule has 1 fully saturated rings. The number of fused-ring (bicyclic) bond motifs is 1. The van der Waals surface area contributed by atoms with Gasteiger partial charge in [0.05, 0.1) is 23.4 Å². The molecule has 0 amide bonds. The maximum absolute atomic E-state index is 13.5. The lowest BCUT2D eigenvalue weighted by molar-refractivity contribution is -0.206. The van der Waals surface area contributed by atoms with Crippen LogP contribution in [-0.4, -0.2) is 38.7 Å². The molecule has 9 heteroatoms. The highest BCUT2D eigenvalue weighted by atomic mass is 19.1. The minimum absolute atomic E-state index is 0.0441. The molecule has 4 aromatic rings. The van der Waals surface area contributed by atoms with Gasteiger partial charge in [-0.15, -0.1) is 5.06 Å². The Kier molecular flexibility index (Phi) is 6.55. The van der Waals surface area contributed by atoms with E-state index >= 15 is 0 Å². The lowest BCUT2D eigenvalue weighted by Gasteiger charge is -2.33. The number of carbonyl (C=O) groups is 1. The maximum atomic E-state index is 13.5. The molecule has 2 aromatic heterocycles. The number of ether oxygens (including phenoxy) is 1. The Morgan fingerprint density at radius 3 is 2.62 bits per heavy atom. The number of carbonyl (C=O) groups excluding carboxylic acids is 1. The van der Waals surface area contributed by atoms with Gasteiger partial charge in [0.2, 0.25) is 0 Å². The first-order chi connectivity index (χ1) is 17.7. The standard InChI is InChI=1S/C28H30FN5O3/c1-28(2,3)27(35)37-33-13-5-7-20(15-33)34-16-23(24-25(30)31-17-32-26(24)34)18-9-11-21(12-10-18)36-22-8-4-6-19(29)14-22/h4,6,8-12,14,16-17,20H,5,7,13,15H2,1-3H3,(H2,30,31,32)/t20-/m1/s1. The van der Waals surface area contributed by atoms with Crippen molar-refractivity contribution in [1.82, 2.24) is 19.6 Å². The first-order valence-electron chi connectivity index (χ1n) is 12.3. The van der Waals surface area contributed by atoms with Gasteiger partial charge in [-0.05, 0) is 63.4 Å². The average molecular weight is 504 g/mol. The van der Waals surface area contributed by atoms with Gasteiger partial charge in [0.15, 0.2) is 0 Å². The van der Waals surface area contributed by atoms with Crippen LogP contribution in [0.2, 0.25) is 0 Å². The molecule has 5 rings (SSSR count). The van der Waals surface area contributed by atoms with Crippen molar-refractivity contribution in [2.24, 2.45) is 5.41 Å². The zero-order chi connectivity index (χ0) is 26.2. The number of nitrogen functional groups attached to an aromatic ring is 1. The van der Waals surface area contributed by atoms with Crippen LogP contribution in [0, 0.1) is 11.2 Å². The molecule has 0 unspecified atom stereocenters. The van der Waals surface area contributed by atoms with Crippen LogP contribution in [0.3, 0.4) is 0 Å². The summed E-state index contributed by atoms with van der Waals surface area (Å²) in [5.74, 6) is 0.803. The van der Waals surface area contributed by atoms with Crippen LogP contribution in [0.4, 0.5) is 10.2 Å². The Bertz CT molecular complexity index is 1430. The van der Waals surface area contributed by atoms with Crippen molar-refractivity contribution in [2.45, 2.75) is 39.7 Å². The molecule has 1 saturated heterocycles. The van der Waals surface area contributed by atoms with Gasteiger partial charge in [0.25, 0.3) is 0 Å². The summed E-state index contributed by atoms with van der Waals surface area (Å²) < 4.78 is 21.4. The van der Waals surface area contributed by atoms with E-state index in [1.54, 1.807) is 17.2 Å². The molecule has 192 valence electrons. The van der Waals surface area contributed by atoms with E-state index in [-0.39, 0.29) is 17.8 Å². The van der Waals surface area contributed by atoms with Gasteiger partial charge in [-0.3, -0.25) is 0 Å². The molecular formula is C28H30FN5O3. The zero-order valence-corrected chi connectivity index (χ0v) is 21.1. The molecule has 0 radical (unpaired) electrons. The fourth-order valence-corrected chi connectivity index (χ4v) is 4.46. The van der Waals surface area contributed by atoms with Gasteiger partial charge >= 0.3 is 5.97 Å². The van der Waals surface area contributed by atoms with E-state index in [2.05, 4.69) is 14.5 Å². The first kappa shape index (κ1) is 24.7. The Labute approximate surface area is 214 Å². The van der Waals surface area contributed by atoms with Crippen LogP contribution < -0.4 is 10.5 Å². The topological polar surface area (TPSA) is 95.5 Å². The van der Waals surface area contributed by atoms with Crippen LogP contribution in [0.5, 0.6) is 11.5 Å². The smallest absolute Gasteiger partial charge is 0.330 e. The molecule has 0 aliphatic carbocycles. The lowest BCUT2D eigenvalue weighted by atomic mass is 9.98. The summed E-state index contributed by atoms with van der Waals surface area (Å²) in [6.07, 6.45) is 5.30. The molecule has 1 aliphatic rings. The number of hydroxylamine groups is 2. The number of hydrogen-bond acceptors (Lipinski definition) is 7. The average Bonchev–Trinajstić information content (AvgIpc) is 3.25. The molecule has 2 aromatic carbocycles. The van der Waals surface area contributed by atoms with Crippen molar-refractivity contribution in [3.8, 4) is 22.6 Å². The normalized spacial score (nSPS) is 16.6. The Balaban J connectivity index is 1.43. The minimum atomic E-state index is -0.577. The van der Waals surface area contributed by atoms with E-state index < -0.39 is 5.41 Å². The van der Waals surface area contributed by atoms with Gasteiger partial charge in [0.1, 0.15) is 35.1 Å².